The number of carbonyl (C=O) groups is 1. The molecule has 0 aromatic carbocycles. The standard InChI is InChI=1S/C7H6O3/c8-6(7(9)10)5-3-1-2-4-5/h1-4,8H,(H,9,10). The molecule has 2 N–H and O–H groups in total. The number of hydrogen-bond acceptors (Lipinski definition) is 2. The summed E-state index contributed by atoms with van der Waals surface area (Å²) in [5.41, 5.74) is 0.340. The van der Waals surface area contributed by atoms with E-state index in [2.05, 4.69) is 0 Å². The number of carboxylic acids is 1. The van der Waals surface area contributed by atoms with Gasteiger partial charge in [-0.2, -0.15) is 0 Å². The summed E-state index contributed by atoms with van der Waals surface area (Å²) in [7, 11) is 0. The maximum Gasteiger partial charge on any atom is 0.371 e. The Kier molecular flexibility index (Phi) is 1.58. The van der Waals surface area contributed by atoms with E-state index in [1.165, 1.54) is 12.2 Å². The van der Waals surface area contributed by atoms with Gasteiger partial charge in [0.05, 0.1) is 0 Å². The number of allylic oxidation sites excluding steroid dienone is 5. The Hall–Kier alpha value is -1.51. The van der Waals surface area contributed by atoms with E-state index in [9.17, 15) is 4.79 Å². The molecule has 1 aliphatic carbocycles. The molecule has 52 valence electrons. The zero-order valence-corrected chi connectivity index (χ0v) is 5.11. The van der Waals surface area contributed by atoms with Crippen LogP contribution in [0.2, 0.25) is 0 Å². The topological polar surface area (TPSA) is 57.5 Å². The van der Waals surface area contributed by atoms with Gasteiger partial charge in [0, 0.05) is 5.57 Å². The number of carboxylic acid groups (broad SMARTS) is 1. The number of hydrogen-bond donors (Lipinski definition) is 2. The molecule has 3 nitrogen and oxygen atoms in total. The van der Waals surface area contributed by atoms with Gasteiger partial charge in [0.1, 0.15) is 0 Å². The molecule has 1 aliphatic rings. The summed E-state index contributed by atoms with van der Waals surface area (Å²) in [6.45, 7) is 0. The first-order chi connectivity index (χ1) is 4.72. The SMILES string of the molecule is O=C(O)C(O)=C1C=CC=C1. The van der Waals surface area contributed by atoms with Crippen LogP contribution in [0.5, 0.6) is 0 Å². The van der Waals surface area contributed by atoms with Crippen molar-refractivity contribution >= 4 is 5.97 Å². The van der Waals surface area contributed by atoms with Crippen molar-refractivity contribution in [2.45, 2.75) is 0 Å². The van der Waals surface area contributed by atoms with Gasteiger partial charge in [0.2, 0.25) is 5.76 Å². The van der Waals surface area contributed by atoms with Crippen molar-refractivity contribution in [1.82, 2.24) is 0 Å². The van der Waals surface area contributed by atoms with Crippen molar-refractivity contribution in [2.24, 2.45) is 0 Å². The van der Waals surface area contributed by atoms with Crippen molar-refractivity contribution in [3.8, 4) is 0 Å². The van der Waals surface area contributed by atoms with Crippen molar-refractivity contribution in [1.29, 1.82) is 0 Å². The predicted octanol–water partition coefficient (Wildman–Crippen LogP) is 1.01. The lowest BCUT2D eigenvalue weighted by Crippen LogP contribution is -2.00. The van der Waals surface area contributed by atoms with Crippen molar-refractivity contribution < 1.29 is 15.0 Å². The van der Waals surface area contributed by atoms with Gasteiger partial charge in [0.15, 0.2) is 0 Å². The monoisotopic (exact) mass is 138 g/mol. The average Bonchev–Trinajstić information content (AvgIpc) is 2.36. The molecular weight excluding hydrogens is 132 g/mol. The molecule has 0 amide bonds. The van der Waals surface area contributed by atoms with Crippen LogP contribution in [-0.2, 0) is 4.79 Å². The van der Waals surface area contributed by atoms with Crippen molar-refractivity contribution in [3.63, 3.8) is 0 Å². The number of aliphatic hydroxyl groups excluding tert-OH is 1. The highest BCUT2D eigenvalue weighted by atomic mass is 16.4. The van der Waals surface area contributed by atoms with Crippen molar-refractivity contribution in [2.75, 3.05) is 0 Å². The van der Waals surface area contributed by atoms with Crippen LogP contribution in [0, 0.1) is 0 Å². The molecule has 0 radical (unpaired) electrons. The van der Waals surface area contributed by atoms with Crippen LogP contribution in [0.15, 0.2) is 35.6 Å². The molecule has 0 aromatic heterocycles. The molecule has 0 saturated carbocycles. The smallest absolute Gasteiger partial charge is 0.371 e. The van der Waals surface area contributed by atoms with Gasteiger partial charge >= 0.3 is 5.97 Å². The van der Waals surface area contributed by atoms with Crippen molar-refractivity contribution in [3.05, 3.63) is 35.6 Å². The minimum Gasteiger partial charge on any atom is -0.501 e. The van der Waals surface area contributed by atoms with E-state index < -0.39 is 11.7 Å². The molecule has 0 bridgehead atoms. The summed E-state index contributed by atoms with van der Waals surface area (Å²) in [6, 6.07) is 0. The molecular formula is C7H6O3. The third kappa shape index (κ3) is 1.07. The molecule has 0 aliphatic heterocycles. The summed E-state index contributed by atoms with van der Waals surface area (Å²) in [5, 5.41) is 17.1. The zero-order chi connectivity index (χ0) is 7.56. The molecule has 10 heavy (non-hydrogen) atoms. The lowest BCUT2D eigenvalue weighted by molar-refractivity contribution is -0.135. The molecule has 0 heterocycles. The molecule has 0 atom stereocenters. The van der Waals surface area contributed by atoms with E-state index in [1.54, 1.807) is 12.2 Å². The highest BCUT2D eigenvalue weighted by Crippen LogP contribution is 2.10. The van der Waals surface area contributed by atoms with Gasteiger partial charge in [-0.1, -0.05) is 24.3 Å². The number of aliphatic hydroxyl groups is 1. The van der Waals surface area contributed by atoms with E-state index in [0.29, 0.717) is 5.57 Å². The van der Waals surface area contributed by atoms with Crippen LogP contribution < -0.4 is 0 Å². The molecule has 3 heteroatoms. The van der Waals surface area contributed by atoms with Gasteiger partial charge in [0.25, 0.3) is 0 Å². The quantitative estimate of drug-likeness (QED) is 0.420. The van der Waals surface area contributed by atoms with Gasteiger partial charge in [-0.05, 0) is 0 Å². The number of rotatable bonds is 1. The third-order valence-corrected chi connectivity index (χ3v) is 1.14. The van der Waals surface area contributed by atoms with E-state index >= 15 is 0 Å². The van der Waals surface area contributed by atoms with E-state index in [0.717, 1.165) is 0 Å². The van der Waals surface area contributed by atoms with E-state index in [1.807, 2.05) is 0 Å². The maximum atomic E-state index is 10.1. The lowest BCUT2D eigenvalue weighted by atomic mass is 10.2. The van der Waals surface area contributed by atoms with Gasteiger partial charge in [-0.15, -0.1) is 0 Å². The number of aliphatic carboxylic acids is 1. The summed E-state index contributed by atoms with van der Waals surface area (Å²) in [6.07, 6.45) is 6.38. The average molecular weight is 138 g/mol. The van der Waals surface area contributed by atoms with Crippen LogP contribution in [0.25, 0.3) is 0 Å². The molecule has 0 spiro atoms. The second-order valence-electron chi connectivity index (χ2n) is 1.83. The predicted molar refractivity (Wildman–Crippen MR) is 35.6 cm³/mol. The second-order valence-corrected chi connectivity index (χ2v) is 1.83. The first kappa shape index (κ1) is 6.61. The van der Waals surface area contributed by atoms with Gasteiger partial charge < -0.3 is 10.2 Å². The Bertz CT molecular complexity index is 232. The molecule has 0 saturated heterocycles. The van der Waals surface area contributed by atoms with Crippen LogP contribution in [0.4, 0.5) is 0 Å². The fourth-order valence-corrected chi connectivity index (χ4v) is 0.655. The zero-order valence-electron chi connectivity index (χ0n) is 5.11. The summed E-state index contributed by atoms with van der Waals surface area (Å²) in [5.74, 6) is -1.91. The first-order valence-electron chi connectivity index (χ1n) is 2.73. The Morgan fingerprint density at radius 1 is 1.20 bits per heavy atom. The first-order valence-corrected chi connectivity index (χ1v) is 2.73. The molecule has 1 rings (SSSR count). The van der Waals surface area contributed by atoms with E-state index in [4.69, 9.17) is 10.2 Å². The Morgan fingerprint density at radius 2 is 1.70 bits per heavy atom. The normalized spacial score (nSPS) is 14.2. The highest BCUT2D eigenvalue weighted by molar-refractivity contribution is 5.86. The minimum atomic E-state index is -1.30. The van der Waals surface area contributed by atoms with Crippen LogP contribution in [0.1, 0.15) is 0 Å². The summed E-state index contributed by atoms with van der Waals surface area (Å²) < 4.78 is 0. The second kappa shape index (κ2) is 2.39. The third-order valence-electron chi connectivity index (χ3n) is 1.14. The Labute approximate surface area is 57.6 Å². The fraction of sp³-hybridized carbons (Fsp3) is 0. The maximum absolute atomic E-state index is 10.1. The Balaban J connectivity index is 2.96. The van der Waals surface area contributed by atoms with Gasteiger partial charge in [-0.3, -0.25) is 0 Å². The molecule has 0 aromatic rings. The Morgan fingerprint density at radius 3 is 2.10 bits per heavy atom. The van der Waals surface area contributed by atoms with Crippen LogP contribution in [-0.4, -0.2) is 16.2 Å². The molecule has 0 unspecified atom stereocenters. The van der Waals surface area contributed by atoms with Crippen LogP contribution >= 0.6 is 0 Å². The molecule has 0 fully saturated rings. The van der Waals surface area contributed by atoms with Crippen LogP contribution in [0.3, 0.4) is 0 Å². The van der Waals surface area contributed by atoms with Gasteiger partial charge in [-0.25, -0.2) is 4.79 Å². The lowest BCUT2D eigenvalue weighted by Gasteiger charge is -1.92. The fourth-order valence-electron chi connectivity index (χ4n) is 0.655. The highest BCUT2D eigenvalue weighted by Gasteiger charge is 2.08. The largest absolute Gasteiger partial charge is 0.501 e. The summed E-state index contributed by atoms with van der Waals surface area (Å²) in [4.78, 5) is 10.1. The summed E-state index contributed by atoms with van der Waals surface area (Å²) >= 11 is 0. The minimum absolute atomic E-state index is 0.340. The van der Waals surface area contributed by atoms with E-state index in [-0.39, 0.29) is 0 Å².